The van der Waals surface area contributed by atoms with Crippen molar-refractivity contribution in [1.29, 1.82) is 0 Å². The summed E-state index contributed by atoms with van der Waals surface area (Å²) in [6.45, 7) is 0.636. The minimum atomic E-state index is -0.105. The molecule has 0 saturated carbocycles. The average molecular weight is 467 g/mol. The Morgan fingerprint density at radius 3 is 2.39 bits per heavy atom. The number of hydrogen-bond donors (Lipinski definition) is 1. The molecule has 2 aromatic heterocycles. The lowest BCUT2D eigenvalue weighted by molar-refractivity contribution is -0.115. The molecule has 1 N–H and O–H groups in total. The fraction of sp³-hybridized carbons (Fsp3) is 0.0385. The lowest BCUT2D eigenvalue weighted by atomic mass is 10.1. The zero-order valence-electron chi connectivity index (χ0n) is 17.4. The van der Waals surface area contributed by atoms with Gasteiger partial charge in [0.2, 0.25) is 0 Å². The fourth-order valence-electron chi connectivity index (χ4n) is 3.92. The number of nitrogens with one attached hydrogen (secondary N) is 1. The third-order valence-corrected chi connectivity index (χ3v) is 7.16. The van der Waals surface area contributed by atoms with Gasteiger partial charge in [-0.1, -0.05) is 36.4 Å². The molecule has 1 aliphatic heterocycles. The molecule has 6 rings (SSSR count). The third kappa shape index (κ3) is 3.92. The van der Waals surface area contributed by atoms with E-state index in [0.717, 1.165) is 43.1 Å². The molecule has 5 aromatic rings. The van der Waals surface area contributed by atoms with Crippen LogP contribution >= 0.6 is 22.7 Å². The first kappa shape index (κ1) is 19.8. The Kier molecular flexibility index (Phi) is 4.97. The first-order valence-electron chi connectivity index (χ1n) is 10.5. The van der Waals surface area contributed by atoms with E-state index in [1.165, 1.54) is 0 Å². The van der Waals surface area contributed by atoms with Gasteiger partial charge >= 0.3 is 0 Å². The summed E-state index contributed by atoms with van der Waals surface area (Å²) in [6, 6.07) is 22.5. The number of anilines is 1. The Labute approximate surface area is 198 Å². The molecule has 0 spiro atoms. The zero-order valence-corrected chi connectivity index (χ0v) is 19.1. The van der Waals surface area contributed by atoms with E-state index >= 15 is 0 Å². The van der Waals surface area contributed by atoms with Crippen LogP contribution in [0.1, 0.15) is 11.1 Å². The standard InChI is InChI=1S/C26H18N4OS2/c31-26-19(10-18-6-8-21-23(11-18)32-15-27-21)12-25(29-26)30(14-17-4-2-1-3-5-17)20-7-9-22-24(13-20)33-16-28-22/h1-13,15-16H,14H2,(H,29,31)/b19-10+. The number of benzene rings is 3. The molecule has 0 bridgehead atoms. The summed E-state index contributed by atoms with van der Waals surface area (Å²) >= 11 is 3.21. The first-order valence-corrected chi connectivity index (χ1v) is 12.2. The Morgan fingerprint density at radius 2 is 1.61 bits per heavy atom. The van der Waals surface area contributed by atoms with Gasteiger partial charge in [0.05, 0.1) is 31.5 Å². The van der Waals surface area contributed by atoms with Crippen molar-refractivity contribution in [2.24, 2.45) is 0 Å². The molecule has 1 aliphatic rings. The van der Waals surface area contributed by atoms with E-state index in [1.54, 1.807) is 22.7 Å². The monoisotopic (exact) mass is 466 g/mol. The second kappa shape index (κ2) is 8.27. The summed E-state index contributed by atoms with van der Waals surface area (Å²) in [5.74, 6) is 0.657. The van der Waals surface area contributed by atoms with Gasteiger partial charge in [-0.15, -0.1) is 22.7 Å². The molecule has 160 valence electrons. The third-order valence-electron chi connectivity index (χ3n) is 5.57. The number of carbonyl (C=O) groups excluding carboxylic acids is 1. The van der Waals surface area contributed by atoms with E-state index in [4.69, 9.17) is 0 Å². The van der Waals surface area contributed by atoms with Crippen molar-refractivity contribution in [2.75, 3.05) is 4.90 Å². The molecule has 3 aromatic carbocycles. The number of fused-ring (bicyclic) bond motifs is 2. The van der Waals surface area contributed by atoms with E-state index in [0.29, 0.717) is 12.1 Å². The van der Waals surface area contributed by atoms with E-state index in [9.17, 15) is 4.79 Å². The van der Waals surface area contributed by atoms with Gasteiger partial charge in [-0.05, 0) is 53.6 Å². The molecule has 1 amide bonds. The quantitative estimate of drug-likeness (QED) is 0.324. The van der Waals surface area contributed by atoms with Crippen molar-refractivity contribution in [3.63, 3.8) is 0 Å². The summed E-state index contributed by atoms with van der Waals surface area (Å²) < 4.78 is 2.22. The van der Waals surface area contributed by atoms with Crippen LogP contribution in [0.3, 0.4) is 0 Å². The predicted octanol–water partition coefficient (Wildman–Crippen LogP) is 5.97. The number of carbonyl (C=O) groups is 1. The summed E-state index contributed by atoms with van der Waals surface area (Å²) in [5, 5.41) is 3.07. The molecule has 0 saturated heterocycles. The van der Waals surface area contributed by atoms with Crippen LogP contribution in [0.25, 0.3) is 26.5 Å². The van der Waals surface area contributed by atoms with Crippen molar-refractivity contribution >= 4 is 60.8 Å². The van der Waals surface area contributed by atoms with Crippen LogP contribution in [-0.4, -0.2) is 15.9 Å². The molecule has 33 heavy (non-hydrogen) atoms. The summed E-state index contributed by atoms with van der Waals surface area (Å²) in [6.07, 6.45) is 3.85. The number of aromatic nitrogens is 2. The largest absolute Gasteiger partial charge is 0.323 e. The Balaban J connectivity index is 1.39. The molecule has 0 unspecified atom stereocenters. The number of rotatable bonds is 5. The first-order chi connectivity index (χ1) is 16.2. The van der Waals surface area contributed by atoms with Crippen molar-refractivity contribution in [1.82, 2.24) is 15.3 Å². The van der Waals surface area contributed by atoms with Crippen LogP contribution in [0.2, 0.25) is 0 Å². The number of nitrogens with zero attached hydrogens (tertiary/aromatic N) is 3. The van der Waals surface area contributed by atoms with Crippen LogP contribution in [-0.2, 0) is 11.3 Å². The Hall–Kier alpha value is -3.81. The maximum atomic E-state index is 12.9. The Morgan fingerprint density at radius 1 is 0.879 bits per heavy atom. The van der Waals surface area contributed by atoms with Crippen molar-refractivity contribution in [3.8, 4) is 0 Å². The topological polar surface area (TPSA) is 58.1 Å². The van der Waals surface area contributed by atoms with Gasteiger partial charge < -0.3 is 10.2 Å². The highest BCUT2D eigenvalue weighted by atomic mass is 32.1. The van der Waals surface area contributed by atoms with Gasteiger partial charge in [0.1, 0.15) is 5.82 Å². The molecule has 3 heterocycles. The normalized spacial score (nSPS) is 14.7. The minimum absolute atomic E-state index is 0.105. The second-order valence-electron chi connectivity index (χ2n) is 7.74. The summed E-state index contributed by atoms with van der Waals surface area (Å²) in [4.78, 5) is 23.7. The zero-order chi connectivity index (χ0) is 22.2. The van der Waals surface area contributed by atoms with Gasteiger partial charge in [0.25, 0.3) is 5.91 Å². The van der Waals surface area contributed by atoms with Crippen LogP contribution in [0.5, 0.6) is 0 Å². The van der Waals surface area contributed by atoms with E-state index in [2.05, 4.69) is 50.5 Å². The lowest BCUT2D eigenvalue weighted by Crippen LogP contribution is -2.31. The fourth-order valence-corrected chi connectivity index (χ4v) is 5.36. The van der Waals surface area contributed by atoms with Crippen LogP contribution in [0.15, 0.2) is 95.2 Å². The molecular weight excluding hydrogens is 448 g/mol. The molecule has 0 atom stereocenters. The smallest absolute Gasteiger partial charge is 0.256 e. The minimum Gasteiger partial charge on any atom is -0.323 e. The van der Waals surface area contributed by atoms with Gasteiger partial charge in [-0.2, -0.15) is 0 Å². The molecule has 5 nitrogen and oxygen atoms in total. The molecule has 0 radical (unpaired) electrons. The predicted molar refractivity (Wildman–Crippen MR) is 136 cm³/mol. The van der Waals surface area contributed by atoms with Crippen LogP contribution in [0.4, 0.5) is 5.69 Å². The van der Waals surface area contributed by atoms with E-state index < -0.39 is 0 Å². The highest BCUT2D eigenvalue weighted by Crippen LogP contribution is 2.30. The van der Waals surface area contributed by atoms with Crippen molar-refractivity contribution in [2.45, 2.75) is 6.54 Å². The maximum Gasteiger partial charge on any atom is 0.256 e. The second-order valence-corrected chi connectivity index (χ2v) is 9.51. The average Bonchev–Trinajstić information content (AvgIpc) is 3.57. The van der Waals surface area contributed by atoms with Crippen molar-refractivity contribution < 1.29 is 4.79 Å². The van der Waals surface area contributed by atoms with Gasteiger partial charge in [0, 0.05) is 17.8 Å². The van der Waals surface area contributed by atoms with Crippen LogP contribution < -0.4 is 10.2 Å². The number of thiazole rings is 2. The van der Waals surface area contributed by atoms with Gasteiger partial charge in [0.15, 0.2) is 0 Å². The lowest BCUT2D eigenvalue weighted by Gasteiger charge is -2.26. The molecule has 0 fully saturated rings. The number of hydrogen-bond acceptors (Lipinski definition) is 6. The van der Waals surface area contributed by atoms with Gasteiger partial charge in [-0.3, -0.25) is 4.79 Å². The summed E-state index contributed by atoms with van der Waals surface area (Å²) in [7, 11) is 0. The molecular formula is C26H18N4OS2. The van der Waals surface area contributed by atoms with Crippen molar-refractivity contribution in [3.05, 3.63) is 106 Å². The molecule has 0 aliphatic carbocycles. The highest BCUT2D eigenvalue weighted by molar-refractivity contribution is 7.17. The van der Waals surface area contributed by atoms with Gasteiger partial charge in [-0.25, -0.2) is 9.97 Å². The van der Waals surface area contributed by atoms with E-state index in [1.807, 2.05) is 59.6 Å². The summed E-state index contributed by atoms with van der Waals surface area (Å²) in [5.41, 5.74) is 9.42. The maximum absolute atomic E-state index is 12.9. The molecule has 7 heteroatoms. The number of amides is 1. The van der Waals surface area contributed by atoms with E-state index in [-0.39, 0.29) is 5.91 Å². The SMILES string of the molecule is O=C1NC(N(Cc2ccccc2)c2ccc3ncsc3c2)=C/C1=C\c1ccc2ncsc2c1. The Bertz CT molecular complexity index is 1550. The van der Waals surface area contributed by atoms with Crippen LogP contribution in [0, 0.1) is 0 Å². The highest BCUT2D eigenvalue weighted by Gasteiger charge is 2.24.